The van der Waals surface area contributed by atoms with Crippen LogP contribution in [0.25, 0.3) is 0 Å². The summed E-state index contributed by atoms with van der Waals surface area (Å²) in [6.45, 7) is 2.37. The third-order valence-corrected chi connectivity index (χ3v) is 4.79. The van der Waals surface area contributed by atoms with E-state index >= 15 is 0 Å². The summed E-state index contributed by atoms with van der Waals surface area (Å²) in [4.78, 5) is 28.6. The van der Waals surface area contributed by atoms with Gasteiger partial charge in [0, 0.05) is 52.0 Å². The van der Waals surface area contributed by atoms with Crippen molar-refractivity contribution in [3.63, 3.8) is 0 Å². The molecule has 1 aliphatic heterocycles. The Bertz CT molecular complexity index is 759. The number of benzene rings is 1. The molecule has 0 atom stereocenters. The van der Waals surface area contributed by atoms with Gasteiger partial charge in [-0.1, -0.05) is 12.1 Å². The fraction of sp³-hybridized carbons (Fsp3) is 0.400. The number of aryl methyl sites for hydroxylation is 2. The van der Waals surface area contributed by atoms with Crippen LogP contribution >= 0.6 is 0 Å². The van der Waals surface area contributed by atoms with Crippen molar-refractivity contribution in [1.82, 2.24) is 14.4 Å². The summed E-state index contributed by atoms with van der Waals surface area (Å²) in [5.41, 5.74) is 1.82. The lowest BCUT2D eigenvalue weighted by Gasteiger charge is -2.34. The molecule has 0 aliphatic carbocycles. The monoisotopic (exact) mass is 355 g/mol. The number of hydrogen-bond donors (Lipinski definition) is 0. The molecular weight excluding hydrogens is 330 g/mol. The molecule has 138 valence electrons. The van der Waals surface area contributed by atoms with Crippen LogP contribution in [-0.2, 0) is 18.3 Å². The minimum absolute atomic E-state index is 0.0379. The molecule has 0 spiro atoms. The van der Waals surface area contributed by atoms with Gasteiger partial charge in [-0.2, -0.15) is 0 Å². The van der Waals surface area contributed by atoms with E-state index in [1.54, 1.807) is 7.11 Å². The van der Waals surface area contributed by atoms with Crippen LogP contribution in [0.1, 0.15) is 22.3 Å². The normalized spacial score (nSPS) is 14.4. The lowest BCUT2D eigenvalue weighted by atomic mass is 10.1. The van der Waals surface area contributed by atoms with E-state index in [1.165, 1.54) is 0 Å². The molecule has 1 aliphatic rings. The van der Waals surface area contributed by atoms with Crippen molar-refractivity contribution >= 4 is 11.8 Å². The summed E-state index contributed by atoms with van der Waals surface area (Å²) in [5.74, 6) is 1.00. The summed E-state index contributed by atoms with van der Waals surface area (Å²) >= 11 is 0. The zero-order chi connectivity index (χ0) is 18.5. The highest BCUT2D eigenvalue weighted by molar-refractivity contribution is 5.94. The number of nitrogens with zero attached hydrogens (tertiary/aromatic N) is 3. The molecule has 3 rings (SSSR count). The minimum Gasteiger partial charge on any atom is -0.497 e. The highest BCUT2D eigenvalue weighted by atomic mass is 16.5. The first kappa shape index (κ1) is 18.0. The molecule has 1 saturated heterocycles. The molecule has 0 N–H and O–H groups in total. The lowest BCUT2D eigenvalue weighted by molar-refractivity contribution is -0.132. The first-order valence-electron chi connectivity index (χ1n) is 8.89. The summed E-state index contributed by atoms with van der Waals surface area (Å²) in [6.07, 6.45) is 4.89. The average Bonchev–Trinajstić information content (AvgIpc) is 3.12. The number of rotatable bonds is 5. The molecule has 1 aromatic carbocycles. The van der Waals surface area contributed by atoms with E-state index in [-0.39, 0.29) is 11.8 Å². The van der Waals surface area contributed by atoms with Crippen molar-refractivity contribution in [2.75, 3.05) is 33.3 Å². The maximum atomic E-state index is 12.5. The minimum atomic E-state index is 0.0379. The Hall–Kier alpha value is -2.76. The number of carbonyl (C=O) groups is 2. The molecule has 2 amide bonds. The van der Waals surface area contributed by atoms with E-state index in [0.717, 1.165) is 11.3 Å². The largest absolute Gasteiger partial charge is 0.497 e. The summed E-state index contributed by atoms with van der Waals surface area (Å²) in [6, 6.07) is 9.63. The van der Waals surface area contributed by atoms with Gasteiger partial charge in [0.25, 0.3) is 5.91 Å². The SMILES string of the molecule is COc1ccc(CCC(=O)N2CCN(C(=O)c3ccn(C)c3)CC2)cc1. The molecule has 0 bridgehead atoms. The maximum absolute atomic E-state index is 12.5. The van der Waals surface area contributed by atoms with Crippen molar-refractivity contribution in [3.05, 3.63) is 53.9 Å². The number of amides is 2. The Morgan fingerprint density at radius 3 is 2.23 bits per heavy atom. The third kappa shape index (κ3) is 4.25. The molecule has 1 aromatic heterocycles. The number of ether oxygens (including phenoxy) is 1. The molecular formula is C20H25N3O3. The van der Waals surface area contributed by atoms with Gasteiger partial charge in [-0.25, -0.2) is 0 Å². The van der Waals surface area contributed by atoms with E-state index in [0.29, 0.717) is 44.6 Å². The Kier molecular flexibility index (Phi) is 5.61. The quantitative estimate of drug-likeness (QED) is 0.824. The second-order valence-corrected chi connectivity index (χ2v) is 6.59. The highest BCUT2D eigenvalue weighted by Crippen LogP contribution is 2.14. The van der Waals surface area contributed by atoms with E-state index in [1.807, 2.05) is 64.1 Å². The number of piperazine rings is 1. The predicted octanol–water partition coefficient (Wildman–Crippen LogP) is 1.95. The fourth-order valence-corrected chi connectivity index (χ4v) is 3.17. The maximum Gasteiger partial charge on any atom is 0.255 e. The summed E-state index contributed by atoms with van der Waals surface area (Å²) in [5, 5.41) is 0. The van der Waals surface area contributed by atoms with E-state index in [2.05, 4.69) is 0 Å². The molecule has 0 radical (unpaired) electrons. The van der Waals surface area contributed by atoms with Crippen molar-refractivity contribution in [2.45, 2.75) is 12.8 Å². The second kappa shape index (κ2) is 8.08. The smallest absolute Gasteiger partial charge is 0.255 e. The van der Waals surface area contributed by atoms with Gasteiger partial charge in [0.05, 0.1) is 12.7 Å². The topological polar surface area (TPSA) is 54.8 Å². The zero-order valence-corrected chi connectivity index (χ0v) is 15.4. The first-order valence-corrected chi connectivity index (χ1v) is 8.89. The first-order chi connectivity index (χ1) is 12.6. The van der Waals surface area contributed by atoms with Gasteiger partial charge in [-0.3, -0.25) is 9.59 Å². The zero-order valence-electron chi connectivity index (χ0n) is 15.4. The van der Waals surface area contributed by atoms with Crippen molar-refractivity contribution in [3.8, 4) is 5.75 Å². The molecule has 2 heterocycles. The number of methoxy groups -OCH3 is 1. The predicted molar refractivity (Wildman–Crippen MR) is 99.2 cm³/mol. The van der Waals surface area contributed by atoms with Crippen LogP contribution in [0.2, 0.25) is 0 Å². The van der Waals surface area contributed by atoms with Crippen LogP contribution < -0.4 is 4.74 Å². The molecule has 6 heteroatoms. The van der Waals surface area contributed by atoms with Gasteiger partial charge in [0.1, 0.15) is 5.75 Å². The standard InChI is InChI=1S/C20H25N3O3/c1-21-10-9-17(15-21)20(25)23-13-11-22(12-14-23)19(24)8-5-16-3-6-18(26-2)7-4-16/h3-4,6-7,9-10,15H,5,8,11-14H2,1-2H3. The van der Waals surface area contributed by atoms with Gasteiger partial charge < -0.3 is 19.1 Å². The molecule has 2 aromatic rings. The molecule has 0 saturated carbocycles. The Balaban J connectivity index is 1.46. The van der Waals surface area contributed by atoms with E-state index in [4.69, 9.17) is 4.74 Å². The highest BCUT2D eigenvalue weighted by Gasteiger charge is 2.24. The second-order valence-electron chi connectivity index (χ2n) is 6.59. The van der Waals surface area contributed by atoms with Gasteiger partial charge in [-0.05, 0) is 30.2 Å². The van der Waals surface area contributed by atoms with Crippen LogP contribution in [0.15, 0.2) is 42.7 Å². The van der Waals surface area contributed by atoms with E-state index in [9.17, 15) is 9.59 Å². The van der Waals surface area contributed by atoms with Crippen molar-refractivity contribution in [1.29, 1.82) is 0 Å². The van der Waals surface area contributed by atoms with Gasteiger partial charge >= 0.3 is 0 Å². The van der Waals surface area contributed by atoms with Gasteiger partial charge in [0.2, 0.25) is 5.91 Å². The molecule has 6 nitrogen and oxygen atoms in total. The number of carbonyl (C=O) groups excluding carboxylic acids is 2. The Morgan fingerprint density at radius 1 is 1.00 bits per heavy atom. The summed E-state index contributed by atoms with van der Waals surface area (Å²) < 4.78 is 7.01. The fourth-order valence-electron chi connectivity index (χ4n) is 3.17. The summed E-state index contributed by atoms with van der Waals surface area (Å²) in [7, 11) is 3.54. The van der Waals surface area contributed by atoms with Gasteiger partial charge in [0.15, 0.2) is 0 Å². The van der Waals surface area contributed by atoms with E-state index < -0.39 is 0 Å². The van der Waals surface area contributed by atoms with Crippen molar-refractivity contribution in [2.24, 2.45) is 7.05 Å². The molecule has 1 fully saturated rings. The van der Waals surface area contributed by atoms with Gasteiger partial charge in [-0.15, -0.1) is 0 Å². The Morgan fingerprint density at radius 2 is 1.65 bits per heavy atom. The van der Waals surface area contributed by atoms with Crippen LogP contribution in [0.4, 0.5) is 0 Å². The third-order valence-electron chi connectivity index (χ3n) is 4.79. The van der Waals surface area contributed by atoms with Crippen LogP contribution in [0.5, 0.6) is 5.75 Å². The lowest BCUT2D eigenvalue weighted by Crippen LogP contribution is -2.50. The van der Waals surface area contributed by atoms with Crippen LogP contribution in [-0.4, -0.2) is 59.5 Å². The van der Waals surface area contributed by atoms with Crippen LogP contribution in [0.3, 0.4) is 0 Å². The molecule has 0 unspecified atom stereocenters. The molecule has 26 heavy (non-hydrogen) atoms. The van der Waals surface area contributed by atoms with Crippen molar-refractivity contribution < 1.29 is 14.3 Å². The van der Waals surface area contributed by atoms with Crippen LogP contribution in [0, 0.1) is 0 Å². The Labute approximate surface area is 154 Å². The average molecular weight is 355 g/mol. The number of hydrogen-bond acceptors (Lipinski definition) is 3. The number of aromatic nitrogens is 1.